The topological polar surface area (TPSA) is 61.9 Å². The van der Waals surface area contributed by atoms with E-state index in [0.717, 1.165) is 67.9 Å². The van der Waals surface area contributed by atoms with Gasteiger partial charge in [-0.2, -0.15) is 0 Å². The molecule has 31 heavy (non-hydrogen) atoms. The van der Waals surface area contributed by atoms with Crippen molar-refractivity contribution in [1.29, 1.82) is 0 Å². The van der Waals surface area contributed by atoms with Crippen LogP contribution in [-0.4, -0.2) is 38.1 Å². The quantitative estimate of drug-likeness (QED) is 0.683. The fourth-order valence-electron chi connectivity index (χ4n) is 4.32. The van der Waals surface area contributed by atoms with Crippen molar-refractivity contribution in [3.05, 3.63) is 53.6 Å². The minimum atomic E-state index is -0.146. The van der Waals surface area contributed by atoms with Gasteiger partial charge in [-0.1, -0.05) is 25.5 Å². The van der Waals surface area contributed by atoms with E-state index in [1.165, 1.54) is 0 Å². The summed E-state index contributed by atoms with van der Waals surface area (Å²) in [4.78, 5) is 29.5. The second-order valence-corrected chi connectivity index (χ2v) is 8.33. The third-order valence-corrected chi connectivity index (χ3v) is 6.17. The lowest BCUT2D eigenvalue weighted by Crippen LogP contribution is -2.54. The minimum Gasteiger partial charge on any atom is -0.494 e. The average Bonchev–Trinajstić information content (AvgIpc) is 2.81. The van der Waals surface area contributed by atoms with E-state index in [4.69, 9.17) is 4.74 Å². The first-order chi connectivity index (χ1) is 15.1. The molecule has 1 fully saturated rings. The Kier molecular flexibility index (Phi) is 6.44. The number of likely N-dealkylation sites (N-methyl/N-ethyl adjacent to an activating group) is 1. The van der Waals surface area contributed by atoms with Crippen LogP contribution in [0.1, 0.15) is 54.9 Å². The van der Waals surface area contributed by atoms with E-state index in [1.54, 1.807) is 11.9 Å². The highest BCUT2D eigenvalue weighted by molar-refractivity contribution is 6.07. The van der Waals surface area contributed by atoms with Crippen molar-refractivity contribution in [3.63, 3.8) is 0 Å². The fourth-order valence-corrected chi connectivity index (χ4v) is 4.32. The van der Waals surface area contributed by atoms with E-state index in [0.29, 0.717) is 12.1 Å². The van der Waals surface area contributed by atoms with E-state index in [-0.39, 0.29) is 17.9 Å². The average molecular weight is 422 g/mol. The van der Waals surface area contributed by atoms with Gasteiger partial charge in [-0.3, -0.25) is 9.59 Å². The molecule has 2 aliphatic heterocycles. The molecule has 0 aromatic heterocycles. The van der Waals surface area contributed by atoms with Crippen molar-refractivity contribution in [3.8, 4) is 5.75 Å². The number of anilines is 2. The van der Waals surface area contributed by atoms with Crippen molar-refractivity contribution >= 4 is 23.2 Å². The van der Waals surface area contributed by atoms with Crippen molar-refractivity contribution < 1.29 is 14.3 Å². The standard InChI is InChI=1S/C25H31N3O3/c1-3-4-15-31-20-11-8-18(9-12-20)17-26-24(29)19-10-13-21-23(16-19)27(2)25(30)22-7-5-6-14-28(21)22/h8-13,16,22H,3-7,14-15,17H2,1-2H3,(H,26,29)/t22-/m1/s1. The molecule has 6 nitrogen and oxygen atoms in total. The van der Waals surface area contributed by atoms with Crippen molar-refractivity contribution in [2.24, 2.45) is 0 Å². The van der Waals surface area contributed by atoms with Gasteiger partial charge in [0.25, 0.3) is 5.91 Å². The lowest BCUT2D eigenvalue weighted by atomic mass is 9.96. The normalized spacial score (nSPS) is 17.7. The number of unbranched alkanes of at least 4 members (excludes halogenated alkanes) is 1. The van der Waals surface area contributed by atoms with Crippen LogP contribution >= 0.6 is 0 Å². The van der Waals surface area contributed by atoms with E-state index >= 15 is 0 Å². The first kappa shape index (κ1) is 21.2. The zero-order chi connectivity index (χ0) is 21.8. The first-order valence-electron chi connectivity index (χ1n) is 11.3. The Labute approximate surface area is 184 Å². The number of carbonyl (C=O) groups is 2. The Morgan fingerprint density at radius 1 is 1.13 bits per heavy atom. The van der Waals surface area contributed by atoms with Crippen molar-refractivity contribution in [2.45, 2.75) is 51.6 Å². The maximum atomic E-state index is 12.8. The van der Waals surface area contributed by atoms with E-state index in [9.17, 15) is 9.59 Å². The molecule has 1 N–H and O–H groups in total. The number of carbonyl (C=O) groups excluding carboxylic acids is 2. The maximum Gasteiger partial charge on any atom is 0.251 e. The smallest absolute Gasteiger partial charge is 0.251 e. The first-order valence-corrected chi connectivity index (χ1v) is 11.3. The SMILES string of the molecule is CCCCOc1ccc(CNC(=O)c2ccc3c(c2)N(C)C(=O)[C@H]2CCCCN32)cc1. The second-order valence-electron chi connectivity index (χ2n) is 8.33. The molecule has 0 spiro atoms. The van der Waals surface area contributed by atoms with E-state index in [1.807, 2.05) is 42.5 Å². The number of piperidine rings is 1. The van der Waals surface area contributed by atoms with Crippen LogP contribution in [0.25, 0.3) is 0 Å². The van der Waals surface area contributed by atoms with Gasteiger partial charge in [-0.05, 0) is 61.6 Å². The Morgan fingerprint density at radius 3 is 2.71 bits per heavy atom. The van der Waals surface area contributed by atoms with Gasteiger partial charge < -0.3 is 19.9 Å². The van der Waals surface area contributed by atoms with Crippen molar-refractivity contribution in [2.75, 3.05) is 30.0 Å². The third-order valence-electron chi connectivity index (χ3n) is 6.17. The summed E-state index contributed by atoms with van der Waals surface area (Å²) >= 11 is 0. The number of ether oxygens (including phenoxy) is 1. The Balaban J connectivity index is 1.41. The Bertz CT molecular complexity index is 942. The number of nitrogens with zero attached hydrogens (tertiary/aromatic N) is 2. The zero-order valence-corrected chi connectivity index (χ0v) is 18.4. The molecule has 0 bridgehead atoms. The highest BCUT2D eigenvalue weighted by Gasteiger charge is 2.37. The van der Waals surface area contributed by atoms with Crippen LogP contribution < -0.4 is 19.9 Å². The van der Waals surface area contributed by atoms with Crippen LogP contribution in [0.4, 0.5) is 11.4 Å². The number of fused-ring (bicyclic) bond motifs is 3. The molecule has 6 heteroatoms. The second kappa shape index (κ2) is 9.41. The summed E-state index contributed by atoms with van der Waals surface area (Å²) in [6.45, 7) is 4.19. The summed E-state index contributed by atoms with van der Waals surface area (Å²) in [5.74, 6) is 0.820. The molecule has 2 amide bonds. The molecule has 0 radical (unpaired) electrons. The van der Waals surface area contributed by atoms with Gasteiger partial charge in [0.2, 0.25) is 5.91 Å². The summed E-state index contributed by atoms with van der Waals surface area (Å²) in [7, 11) is 1.80. The molecule has 2 aromatic rings. The molecule has 2 aliphatic rings. The number of nitrogens with one attached hydrogen (secondary N) is 1. The van der Waals surface area contributed by atoms with Crippen molar-refractivity contribution in [1.82, 2.24) is 5.32 Å². The third kappa shape index (κ3) is 4.53. The molecule has 2 heterocycles. The number of hydrogen-bond donors (Lipinski definition) is 1. The van der Waals surface area contributed by atoms with Gasteiger partial charge >= 0.3 is 0 Å². The van der Waals surface area contributed by atoms with Crippen LogP contribution in [0.3, 0.4) is 0 Å². The number of hydrogen-bond acceptors (Lipinski definition) is 4. The summed E-state index contributed by atoms with van der Waals surface area (Å²) in [6.07, 6.45) is 5.22. The molecule has 0 saturated carbocycles. The van der Waals surface area contributed by atoms with Crippen LogP contribution in [0.5, 0.6) is 5.75 Å². The maximum absolute atomic E-state index is 12.8. The van der Waals surface area contributed by atoms with Gasteiger partial charge in [-0.15, -0.1) is 0 Å². The molecule has 1 atom stereocenters. The fraction of sp³-hybridized carbons (Fsp3) is 0.440. The lowest BCUT2D eigenvalue weighted by Gasteiger charge is -2.44. The van der Waals surface area contributed by atoms with Crippen LogP contribution in [0, 0.1) is 0 Å². The largest absolute Gasteiger partial charge is 0.494 e. The molecule has 1 saturated heterocycles. The Morgan fingerprint density at radius 2 is 1.94 bits per heavy atom. The van der Waals surface area contributed by atoms with Gasteiger partial charge in [-0.25, -0.2) is 0 Å². The highest BCUT2D eigenvalue weighted by Crippen LogP contribution is 2.39. The highest BCUT2D eigenvalue weighted by atomic mass is 16.5. The van der Waals surface area contributed by atoms with Gasteiger partial charge in [0.15, 0.2) is 0 Å². The summed E-state index contributed by atoms with van der Waals surface area (Å²) in [6, 6.07) is 13.4. The number of rotatable bonds is 7. The number of amides is 2. The predicted molar refractivity (Wildman–Crippen MR) is 123 cm³/mol. The molecule has 0 unspecified atom stereocenters. The molecular weight excluding hydrogens is 390 g/mol. The van der Waals surface area contributed by atoms with Gasteiger partial charge in [0.1, 0.15) is 11.8 Å². The number of benzene rings is 2. The monoisotopic (exact) mass is 421 g/mol. The minimum absolute atomic E-state index is 0.0696. The molecule has 2 aromatic carbocycles. The van der Waals surface area contributed by atoms with E-state index in [2.05, 4.69) is 17.1 Å². The van der Waals surface area contributed by atoms with Crippen LogP contribution in [0.2, 0.25) is 0 Å². The molecule has 164 valence electrons. The van der Waals surface area contributed by atoms with Gasteiger partial charge in [0.05, 0.1) is 18.0 Å². The zero-order valence-electron chi connectivity index (χ0n) is 18.4. The summed E-state index contributed by atoms with van der Waals surface area (Å²) in [5.41, 5.74) is 3.43. The van der Waals surface area contributed by atoms with Crippen LogP contribution in [-0.2, 0) is 11.3 Å². The molecular formula is C25H31N3O3. The van der Waals surface area contributed by atoms with Gasteiger partial charge in [0, 0.05) is 25.7 Å². The summed E-state index contributed by atoms with van der Waals surface area (Å²) < 4.78 is 5.68. The van der Waals surface area contributed by atoms with E-state index < -0.39 is 0 Å². The lowest BCUT2D eigenvalue weighted by molar-refractivity contribution is -0.120. The predicted octanol–water partition coefficient (Wildman–Crippen LogP) is 4.13. The molecule has 4 rings (SSSR count). The summed E-state index contributed by atoms with van der Waals surface area (Å²) in [5, 5.41) is 2.98. The van der Waals surface area contributed by atoms with Crippen LogP contribution in [0.15, 0.2) is 42.5 Å². The molecule has 0 aliphatic carbocycles. The Hall–Kier alpha value is -3.02.